The summed E-state index contributed by atoms with van der Waals surface area (Å²) in [7, 11) is 0. The van der Waals surface area contributed by atoms with Crippen molar-refractivity contribution in [2.24, 2.45) is 0 Å². The van der Waals surface area contributed by atoms with E-state index < -0.39 is 0 Å². The molecule has 0 bridgehead atoms. The Morgan fingerprint density at radius 3 is 2.27 bits per heavy atom. The average molecular weight is 312 g/mol. The van der Waals surface area contributed by atoms with Gasteiger partial charge < -0.3 is 5.32 Å². The average Bonchev–Trinajstić information content (AvgIpc) is 2.55. The van der Waals surface area contributed by atoms with Crippen LogP contribution in [0.5, 0.6) is 0 Å². The number of hydrogen-bond acceptors (Lipinski definition) is 1. The number of nitrogens with one attached hydrogen (secondary N) is 1. The zero-order valence-corrected chi connectivity index (χ0v) is 13.1. The van der Waals surface area contributed by atoms with Crippen molar-refractivity contribution in [1.29, 1.82) is 0 Å². The van der Waals surface area contributed by atoms with Crippen LogP contribution in [0.2, 0.25) is 5.02 Å². The van der Waals surface area contributed by atoms with E-state index in [1.54, 1.807) is 6.08 Å². The standard InChI is InChI=1S/C19H18ClNO/c1-2-3-5-10-18(22)21-19(15-8-6-4-7-9-15)16-11-13-17(20)14-12-16/h2-14,19H,1H3,(H,21,22). The lowest BCUT2D eigenvalue weighted by Crippen LogP contribution is -2.27. The number of hydrogen-bond donors (Lipinski definition) is 1. The molecule has 0 aromatic heterocycles. The fourth-order valence-corrected chi connectivity index (χ4v) is 2.23. The molecule has 22 heavy (non-hydrogen) atoms. The molecule has 0 heterocycles. The number of carbonyl (C=O) groups is 1. The molecule has 112 valence electrons. The second-order valence-electron chi connectivity index (χ2n) is 4.79. The highest BCUT2D eigenvalue weighted by atomic mass is 35.5. The lowest BCUT2D eigenvalue weighted by molar-refractivity contribution is -0.117. The fourth-order valence-electron chi connectivity index (χ4n) is 2.10. The molecule has 0 fully saturated rings. The van der Waals surface area contributed by atoms with E-state index >= 15 is 0 Å². The van der Waals surface area contributed by atoms with Gasteiger partial charge in [-0.05, 0) is 30.2 Å². The maximum atomic E-state index is 12.1. The van der Waals surface area contributed by atoms with Gasteiger partial charge in [0.15, 0.2) is 0 Å². The van der Waals surface area contributed by atoms with E-state index in [-0.39, 0.29) is 11.9 Å². The first kappa shape index (κ1) is 16.1. The summed E-state index contributed by atoms with van der Waals surface area (Å²) >= 11 is 5.95. The molecule has 0 saturated carbocycles. The second kappa shape index (κ2) is 8.20. The van der Waals surface area contributed by atoms with E-state index in [2.05, 4.69) is 5.32 Å². The van der Waals surface area contributed by atoms with E-state index in [1.165, 1.54) is 6.08 Å². The van der Waals surface area contributed by atoms with Crippen LogP contribution in [0.4, 0.5) is 0 Å². The number of amides is 1. The zero-order valence-electron chi connectivity index (χ0n) is 12.4. The summed E-state index contributed by atoms with van der Waals surface area (Å²) in [4.78, 5) is 12.1. The molecule has 1 unspecified atom stereocenters. The zero-order chi connectivity index (χ0) is 15.8. The van der Waals surface area contributed by atoms with Gasteiger partial charge in [0.2, 0.25) is 5.91 Å². The Kier molecular flexibility index (Phi) is 5.99. The molecule has 3 heteroatoms. The maximum Gasteiger partial charge on any atom is 0.244 e. The van der Waals surface area contributed by atoms with Crippen LogP contribution in [0.25, 0.3) is 0 Å². The van der Waals surface area contributed by atoms with E-state index in [0.717, 1.165) is 11.1 Å². The number of carbonyl (C=O) groups excluding carboxylic acids is 1. The van der Waals surface area contributed by atoms with E-state index in [9.17, 15) is 4.79 Å². The van der Waals surface area contributed by atoms with Crippen LogP contribution < -0.4 is 5.32 Å². The molecule has 2 aromatic rings. The van der Waals surface area contributed by atoms with Crippen LogP contribution in [0.3, 0.4) is 0 Å². The Hall–Kier alpha value is -2.32. The minimum Gasteiger partial charge on any atom is -0.342 e. The summed E-state index contributed by atoms with van der Waals surface area (Å²) < 4.78 is 0. The minimum absolute atomic E-state index is 0.137. The summed E-state index contributed by atoms with van der Waals surface area (Å²) in [5.41, 5.74) is 2.01. The molecule has 2 rings (SSSR count). The van der Waals surface area contributed by atoms with Crippen LogP contribution in [-0.4, -0.2) is 5.91 Å². The number of rotatable bonds is 5. The Morgan fingerprint density at radius 2 is 1.64 bits per heavy atom. The van der Waals surface area contributed by atoms with Gasteiger partial charge in [-0.25, -0.2) is 0 Å². The molecule has 2 aromatic carbocycles. The van der Waals surface area contributed by atoms with Gasteiger partial charge in [0.05, 0.1) is 6.04 Å². The molecule has 1 N–H and O–H groups in total. The van der Waals surface area contributed by atoms with E-state index in [0.29, 0.717) is 5.02 Å². The van der Waals surface area contributed by atoms with E-state index in [1.807, 2.05) is 73.7 Å². The lowest BCUT2D eigenvalue weighted by atomic mass is 9.98. The van der Waals surface area contributed by atoms with Crippen molar-refractivity contribution in [1.82, 2.24) is 5.32 Å². The second-order valence-corrected chi connectivity index (χ2v) is 5.23. The molecule has 1 atom stereocenters. The summed E-state index contributed by atoms with van der Waals surface area (Å²) in [6.07, 6.45) is 6.93. The van der Waals surface area contributed by atoms with Gasteiger partial charge in [0, 0.05) is 11.1 Å². The molecule has 0 spiro atoms. The van der Waals surface area contributed by atoms with Gasteiger partial charge in [0.1, 0.15) is 0 Å². The number of allylic oxidation sites excluding steroid dienone is 3. The number of halogens is 1. The van der Waals surface area contributed by atoms with Crippen LogP contribution in [0.1, 0.15) is 24.1 Å². The van der Waals surface area contributed by atoms with Gasteiger partial charge in [-0.1, -0.05) is 72.3 Å². The summed E-state index contributed by atoms with van der Waals surface area (Å²) in [6, 6.07) is 17.2. The Balaban J connectivity index is 2.26. The topological polar surface area (TPSA) is 29.1 Å². The SMILES string of the molecule is CC=CC=CC(=O)NC(c1ccccc1)c1ccc(Cl)cc1. The van der Waals surface area contributed by atoms with Crippen molar-refractivity contribution >= 4 is 17.5 Å². The molecule has 2 nitrogen and oxygen atoms in total. The van der Waals surface area contributed by atoms with Crippen LogP contribution in [-0.2, 0) is 4.79 Å². The summed E-state index contributed by atoms with van der Waals surface area (Å²) in [5.74, 6) is -0.137. The smallest absolute Gasteiger partial charge is 0.244 e. The third-order valence-corrected chi connectivity index (χ3v) is 3.43. The van der Waals surface area contributed by atoms with Gasteiger partial charge in [0.25, 0.3) is 0 Å². The molecule has 0 saturated heterocycles. The molecular formula is C19H18ClNO. The molecule has 0 aliphatic rings. The normalized spacial score (nSPS) is 12.6. The monoisotopic (exact) mass is 311 g/mol. The van der Waals surface area contributed by atoms with Crippen LogP contribution >= 0.6 is 11.6 Å². The minimum atomic E-state index is -0.207. The van der Waals surface area contributed by atoms with Gasteiger partial charge >= 0.3 is 0 Å². The highest BCUT2D eigenvalue weighted by Gasteiger charge is 2.15. The highest BCUT2D eigenvalue weighted by Crippen LogP contribution is 2.23. The van der Waals surface area contributed by atoms with Gasteiger partial charge in [-0.2, -0.15) is 0 Å². The summed E-state index contributed by atoms with van der Waals surface area (Å²) in [5, 5.41) is 3.70. The molecule has 0 radical (unpaired) electrons. The quantitative estimate of drug-likeness (QED) is 0.630. The third-order valence-electron chi connectivity index (χ3n) is 3.17. The summed E-state index contributed by atoms with van der Waals surface area (Å²) in [6.45, 7) is 1.91. The van der Waals surface area contributed by atoms with Crippen molar-refractivity contribution in [3.8, 4) is 0 Å². The van der Waals surface area contributed by atoms with Crippen molar-refractivity contribution in [2.45, 2.75) is 13.0 Å². The molecular weight excluding hydrogens is 294 g/mol. The van der Waals surface area contributed by atoms with Gasteiger partial charge in [-0.3, -0.25) is 4.79 Å². The van der Waals surface area contributed by atoms with Crippen molar-refractivity contribution < 1.29 is 4.79 Å². The van der Waals surface area contributed by atoms with Crippen molar-refractivity contribution in [2.75, 3.05) is 0 Å². The molecule has 0 aliphatic carbocycles. The maximum absolute atomic E-state index is 12.1. The third kappa shape index (κ3) is 4.61. The Morgan fingerprint density at radius 1 is 1.00 bits per heavy atom. The Bertz CT molecular complexity index is 660. The van der Waals surface area contributed by atoms with Crippen LogP contribution in [0, 0.1) is 0 Å². The number of benzene rings is 2. The van der Waals surface area contributed by atoms with E-state index in [4.69, 9.17) is 11.6 Å². The first-order valence-corrected chi connectivity index (χ1v) is 7.49. The van der Waals surface area contributed by atoms with Crippen molar-refractivity contribution in [3.63, 3.8) is 0 Å². The van der Waals surface area contributed by atoms with Gasteiger partial charge in [-0.15, -0.1) is 0 Å². The Labute approximate surface area is 136 Å². The first-order chi connectivity index (χ1) is 10.7. The largest absolute Gasteiger partial charge is 0.342 e. The predicted octanol–water partition coefficient (Wildman–Crippen LogP) is 4.68. The predicted molar refractivity (Wildman–Crippen MR) is 91.8 cm³/mol. The first-order valence-electron chi connectivity index (χ1n) is 7.11. The molecule has 1 amide bonds. The highest BCUT2D eigenvalue weighted by molar-refractivity contribution is 6.30. The van der Waals surface area contributed by atoms with Crippen LogP contribution in [0.15, 0.2) is 78.9 Å². The lowest BCUT2D eigenvalue weighted by Gasteiger charge is -2.19. The molecule has 0 aliphatic heterocycles. The van der Waals surface area contributed by atoms with Crippen molar-refractivity contribution in [3.05, 3.63) is 95.1 Å². The fraction of sp³-hybridized carbons (Fsp3) is 0.105.